The van der Waals surface area contributed by atoms with Crippen LogP contribution in [-0.4, -0.2) is 33.7 Å². The lowest BCUT2D eigenvalue weighted by Crippen LogP contribution is -2.30. The van der Waals surface area contributed by atoms with E-state index in [4.69, 9.17) is 4.74 Å². The summed E-state index contributed by atoms with van der Waals surface area (Å²) in [5.74, 6) is 0.734. The van der Waals surface area contributed by atoms with Crippen molar-refractivity contribution in [1.29, 1.82) is 0 Å². The second-order valence-electron chi connectivity index (χ2n) is 4.51. The lowest BCUT2D eigenvalue weighted by atomic mass is 10.1. The number of hydrogen-bond acceptors (Lipinski definition) is 5. The molecule has 0 unspecified atom stereocenters. The normalized spacial score (nSPS) is 13.0. The Bertz CT molecular complexity index is 617. The van der Waals surface area contributed by atoms with Gasteiger partial charge in [0.05, 0.1) is 19.4 Å². The topological polar surface area (TPSA) is 91.9 Å². The van der Waals surface area contributed by atoms with Gasteiger partial charge in [-0.25, -0.2) is 4.79 Å². The van der Waals surface area contributed by atoms with Crippen LogP contribution in [0.25, 0.3) is 0 Å². The van der Waals surface area contributed by atoms with Crippen LogP contribution in [0.1, 0.15) is 11.1 Å². The molecule has 2 heterocycles. The average molecular weight is 305 g/mol. The molecule has 0 atom stereocenters. The van der Waals surface area contributed by atoms with Crippen LogP contribution in [0, 0.1) is 0 Å². The smallest absolute Gasteiger partial charge is 0.319 e. The number of anilines is 1. The number of carbonyl (C=O) groups is 1. The first-order chi connectivity index (χ1) is 10.3. The van der Waals surface area contributed by atoms with Gasteiger partial charge in [0, 0.05) is 18.0 Å². The number of H-pyrrole nitrogens is 1. The average Bonchev–Trinajstić information content (AvgIpc) is 3.14. The molecule has 0 spiro atoms. The Labute approximate surface area is 125 Å². The summed E-state index contributed by atoms with van der Waals surface area (Å²) in [7, 11) is 0. The molecule has 1 aromatic heterocycles. The van der Waals surface area contributed by atoms with Crippen molar-refractivity contribution in [2.24, 2.45) is 0 Å². The molecule has 0 fully saturated rings. The number of benzene rings is 1. The van der Waals surface area contributed by atoms with Crippen molar-refractivity contribution in [1.82, 2.24) is 20.7 Å². The van der Waals surface area contributed by atoms with Crippen molar-refractivity contribution < 1.29 is 9.53 Å². The van der Waals surface area contributed by atoms with Crippen LogP contribution in [-0.2, 0) is 18.0 Å². The minimum absolute atomic E-state index is 0.213. The number of urea groups is 1. The predicted molar refractivity (Wildman–Crippen MR) is 79.1 cm³/mol. The Morgan fingerprint density at radius 1 is 1.38 bits per heavy atom. The fourth-order valence-electron chi connectivity index (χ4n) is 2.01. The summed E-state index contributed by atoms with van der Waals surface area (Å²) in [5.41, 5.74) is 3.10. The summed E-state index contributed by atoms with van der Waals surface area (Å²) < 4.78 is 5.35. The van der Waals surface area contributed by atoms with Crippen LogP contribution < -0.4 is 10.6 Å². The van der Waals surface area contributed by atoms with Crippen LogP contribution >= 0.6 is 11.8 Å². The van der Waals surface area contributed by atoms with E-state index in [2.05, 4.69) is 26.0 Å². The third-order valence-corrected chi connectivity index (χ3v) is 3.91. The Hall–Kier alpha value is -2.06. The number of ether oxygens (including phenoxy) is 1. The Balaban J connectivity index is 1.41. The number of thioether (sulfide) groups is 1. The molecule has 0 aliphatic carbocycles. The molecule has 1 aliphatic heterocycles. The van der Waals surface area contributed by atoms with E-state index >= 15 is 0 Å². The highest BCUT2D eigenvalue weighted by molar-refractivity contribution is 7.99. The molecule has 0 saturated carbocycles. The van der Waals surface area contributed by atoms with Gasteiger partial charge in [-0.3, -0.25) is 0 Å². The van der Waals surface area contributed by atoms with Crippen molar-refractivity contribution in [2.45, 2.75) is 18.2 Å². The van der Waals surface area contributed by atoms with Crippen molar-refractivity contribution in [3.8, 4) is 0 Å². The third kappa shape index (κ3) is 3.73. The number of aromatic amines is 1. The molecule has 3 N–H and O–H groups in total. The second-order valence-corrected chi connectivity index (χ2v) is 5.63. The summed E-state index contributed by atoms with van der Waals surface area (Å²) in [4.78, 5) is 11.8. The van der Waals surface area contributed by atoms with E-state index in [1.54, 1.807) is 6.20 Å². The van der Waals surface area contributed by atoms with Gasteiger partial charge in [-0.1, -0.05) is 6.07 Å². The van der Waals surface area contributed by atoms with Crippen LogP contribution in [0.4, 0.5) is 10.5 Å². The molecular formula is C13H15N5O2S. The molecule has 1 aromatic carbocycles. The van der Waals surface area contributed by atoms with Gasteiger partial charge in [0.1, 0.15) is 5.03 Å². The molecule has 0 saturated heterocycles. The Morgan fingerprint density at radius 3 is 3.14 bits per heavy atom. The molecular weight excluding hydrogens is 290 g/mol. The molecule has 1 aliphatic rings. The predicted octanol–water partition coefficient (Wildman–Crippen LogP) is 1.75. The first-order valence-corrected chi connectivity index (χ1v) is 7.53. The van der Waals surface area contributed by atoms with Crippen LogP contribution in [0.5, 0.6) is 0 Å². The van der Waals surface area contributed by atoms with E-state index < -0.39 is 0 Å². The standard InChI is InChI=1S/C13H15N5O2S/c19-13(14-3-4-21-12-6-15-18-17-12)16-11-2-1-9-7-20-8-10(9)5-11/h1-2,5-6H,3-4,7-8H2,(H2,14,16,19)(H,15,17,18). The number of hydrogen-bond donors (Lipinski definition) is 3. The maximum atomic E-state index is 11.8. The number of fused-ring (bicyclic) bond motifs is 1. The summed E-state index contributed by atoms with van der Waals surface area (Å²) in [6, 6.07) is 5.61. The van der Waals surface area contributed by atoms with Gasteiger partial charge in [-0.15, -0.1) is 16.9 Å². The largest absolute Gasteiger partial charge is 0.372 e. The summed E-state index contributed by atoms with van der Waals surface area (Å²) in [6.45, 7) is 1.82. The zero-order chi connectivity index (χ0) is 14.5. The number of amides is 2. The summed E-state index contributed by atoms with van der Waals surface area (Å²) in [6.07, 6.45) is 1.65. The lowest BCUT2D eigenvalue weighted by Gasteiger charge is -2.08. The van der Waals surface area contributed by atoms with Gasteiger partial charge in [0.25, 0.3) is 0 Å². The van der Waals surface area contributed by atoms with Gasteiger partial charge < -0.3 is 15.4 Å². The Morgan fingerprint density at radius 2 is 2.29 bits per heavy atom. The van der Waals surface area contributed by atoms with Crippen molar-refractivity contribution in [3.63, 3.8) is 0 Å². The van der Waals surface area contributed by atoms with E-state index in [9.17, 15) is 4.79 Å². The molecule has 2 aromatic rings. The van der Waals surface area contributed by atoms with Gasteiger partial charge in [0.2, 0.25) is 0 Å². The van der Waals surface area contributed by atoms with Crippen LogP contribution in [0.2, 0.25) is 0 Å². The monoisotopic (exact) mass is 305 g/mol. The number of rotatable bonds is 5. The van der Waals surface area contributed by atoms with E-state index in [0.29, 0.717) is 19.8 Å². The molecule has 21 heavy (non-hydrogen) atoms. The van der Waals surface area contributed by atoms with E-state index in [-0.39, 0.29) is 6.03 Å². The zero-order valence-electron chi connectivity index (χ0n) is 11.3. The van der Waals surface area contributed by atoms with Gasteiger partial charge in [-0.05, 0) is 23.3 Å². The van der Waals surface area contributed by atoms with E-state index in [0.717, 1.165) is 22.0 Å². The molecule has 8 heteroatoms. The van der Waals surface area contributed by atoms with Crippen molar-refractivity contribution in [3.05, 3.63) is 35.5 Å². The molecule has 2 amide bonds. The molecule has 0 radical (unpaired) electrons. The minimum atomic E-state index is -0.213. The minimum Gasteiger partial charge on any atom is -0.372 e. The third-order valence-electron chi connectivity index (χ3n) is 3.01. The fraction of sp³-hybridized carbons (Fsp3) is 0.308. The maximum Gasteiger partial charge on any atom is 0.319 e. The SMILES string of the molecule is O=C(NCCSc1cn[nH]n1)Nc1ccc2c(c1)COC2. The van der Waals surface area contributed by atoms with Gasteiger partial charge in [-0.2, -0.15) is 10.3 Å². The number of nitrogens with zero attached hydrogens (tertiary/aromatic N) is 2. The first kappa shape index (κ1) is 13.9. The second kappa shape index (κ2) is 6.59. The molecule has 110 valence electrons. The van der Waals surface area contributed by atoms with Crippen molar-refractivity contribution >= 4 is 23.5 Å². The highest BCUT2D eigenvalue weighted by atomic mass is 32.2. The first-order valence-electron chi connectivity index (χ1n) is 6.54. The highest BCUT2D eigenvalue weighted by Crippen LogP contribution is 2.23. The number of aromatic nitrogens is 3. The lowest BCUT2D eigenvalue weighted by molar-refractivity contribution is 0.134. The maximum absolute atomic E-state index is 11.8. The number of carbonyl (C=O) groups excluding carboxylic acids is 1. The van der Waals surface area contributed by atoms with E-state index in [1.807, 2.05) is 18.2 Å². The van der Waals surface area contributed by atoms with Gasteiger partial charge >= 0.3 is 6.03 Å². The van der Waals surface area contributed by atoms with Gasteiger partial charge in [0.15, 0.2) is 0 Å². The highest BCUT2D eigenvalue weighted by Gasteiger charge is 2.12. The van der Waals surface area contributed by atoms with E-state index in [1.165, 1.54) is 17.3 Å². The van der Waals surface area contributed by atoms with Crippen molar-refractivity contribution in [2.75, 3.05) is 17.6 Å². The molecule has 0 bridgehead atoms. The zero-order valence-corrected chi connectivity index (χ0v) is 12.1. The quantitative estimate of drug-likeness (QED) is 0.578. The van der Waals surface area contributed by atoms with Crippen LogP contribution in [0.15, 0.2) is 29.4 Å². The molecule has 7 nitrogen and oxygen atoms in total. The summed E-state index contributed by atoms with van der Waals surface area (Å²) >= 11 is 1.53. The Kier molecular flexibility index (Phi) is 4.37. The molecule has 3 rings (SSSR count). The fourth-order valence-corrected chi connectivity index (χ4v) is 2.65. The summed E-state index contributed by atoms with van der Waals surface area (Å²) in [5, 5.41) is 16.6. The van der Waals surface area contributed by atoms with Crippen LogP contribution in [0.3, 0.4) is 0 Å². The number of nitrogens with one attached hydrogen (secondary N) is 3.